The van der Waals surface area contributed by atoms with Gasteiger partial charge in [-0.1, -0.05) is 13.3 Å². The summed E-state index contributed by atoms with van der Waals surface area (Å²) < 4.78 is 1.85. The number of amides is 1. The molecule has 2 aliphatic heterocycles. The van der Waals surface area contributed by atoms with Crippen LogP contribution in [0.2, 0.25) is 0 Å². The van der Waals surface area contributed by atoms with E-state index in [1.165, 1.54) is 12.8 Å². The molecule has 0 spiro atoms. The molecule has 4 rings (SSSR count). The standard InChI is InChI=1S/C20H28N6O/c1-14(12-26-10-6-15(2)24-26)20(27)25-9-7-17-16(13-25)11-22-19(23-17)18-5-3-4-8-21-18/h6,10-11,14,18,21H,3-5,7-9,12-13H2,1-2H3/t14-,18-/m1/s1. The molecule has 0 unspecified atom stereocenters. The molecule has 1 fully saturated rings. The smallest absolute Gasteiger partial charge is 0.227 e. The second-order valence-electron chi connectivity index (χ2n) is 7.79. The van der Waals surface area contributed by atoms with Crippen molar-refractivity contribution in [1.29, 1.82) is 0 Å². The van der Waals surface area contributed by atoms with Gasteiger partial charge < -0.3 is 10.2 Å². The molecule has 0 radical (unpaired) electrons. The number of hydrogen-bond donors (Lipinski definition) is 1. The lowest BCUT2D eigenvalue weighted by Gasteiger charge is -2.31. The van der Waals surface area contributed by atoms with Gasteiger partial charge in [0, 0.05) is 37.5 Å². The minimum absolute atomic E-state index is 0.0996. The molecule has 144 valence electrons. The van der Waals surface area contributed by atoms with Gasteiger partial charge in [0.05, 0.1) is 29.9 Å². The van der Waals surface area contributed by atoms with Gasteiger partial charge in [0.25, 0.3) is 0 Å². The Bertz CT molecular complexity index is 811. The van der Waals surface area contributed by atoms with E-state index in [0.717, 1.165) is 48.7 Å². The number of fused-ring (bicyclic) bond motifs is 1. The molecule has 0 bridgehead atoms. The number of rotatable bonds is 4. The molecule has 0 aliphatic carbocycles. The number of aromatic nitrogens is 4. The first-order valence-corrected chi connectivity index (χ1v) is 9.97. The maximum atomic E-state index is 12.9. The maximum absolute atomic E-state index is 12.9. The van der Waals surface area contributed by atoms with Gasteiger partial charge >= 0.3 is 0 Å². The van der Waals surface area contributed by atoms with E-state index >= 15 is 0 Å². The van der Waals surface area contributed by atoms with Crippen LogP contribution in [0.5, 0.6) is 0 Å². The Kier molecular flexibility index (Phi) is 5.20. The number of aryl methyl sites for hydroxylation is 1. The summed E-state index contributed by atoms with van der Waals surface area (Å²) in [5.74, 6) is 0.986. The summed E-state index contributed by atoms with van der Waals surface area (Å²) in [5.41, 5.74) is 3.16. The Hall–Kier alpha value is -2.28. The van der Waals surface area contributed by atoms with Crippen LogP contribution in [0.25, 0.3) is 0 Å². The summed E-state index contributed by atoms with van der Waals surface area (Å²) in [7, 11) is 0. The summed E-state index contributed by atoms with van der Waals surface area (Å²) in [4.78, 5) is 24.2. The van der Waals surface area contributed by atoms with Gasteiger partial charge in [-0.05, 0) is 32.4 Å². The van der Waals surface area contributed by atoms with E-state index in [1.54, 1.807) is 0 Å². The average molecular weight is 368 g/mol. The summed E-state index contributed by atoms with van der Waals surface area (Å²) >= 11 is 0. The van der Waals surface area contributed by atoms with Crippen molar-refractivity contribution in [3.63, 3.8) is 0 Å². The highest BCUT2D eigenvalue weighted by atomic mass is 16.2. The second kappa shape index (κ2) is 7.76. The minimum atomic E-state index is -0.0996. The van der Waals surface area contributed by atoms with Crippen molar-refractivity contribution in [3.05, 3.63) is 41.2 Å². The summed E-state index contributed by atoms with van der Waals surface area (Å²) in [6.07, 6.45) is 8.22. The first-order chi connectivity index (χ1) is 13.1. The summed E-state index contributed by atoms with van der Waals surface area (Å²) in [5, 5.41) is 7.90. The molecule has 2 atom stereocenters. The largest absolute Gasteiger partial charge is 0.338 e. The summed E-state index contributed by atoms with van der Waals surface area (Å²) in [6.45, 7) is 6.92. The maximum Gasteiger partial charge on any atom is 0.227 e. The molecular formula is C20H28N6O. The summed E-state index contributed by atoms with van der Waals surface area (Å²) in [6, 6.07) is 2.24. The highest BCUT2D eigenvalue weighted by molar-refractivity contribution is 5.78. The highest BCUT2D eigenvalue weighted by Gasteiger charge is 2.27. The topological polar surface area (TPSA) is 75.9 Å². The Labute approximate surface area is 160 Å². The monoisotopic (exact) mass is 368 g/mol. The Morgan fingerprint density at radius 2 is 2.30 bits per heavy atom. The fraction of sp³-hybridized carbons (Fsp3) is 0.600. The molecule has 0 aromatic carbocycles. The molecule has 1 amide bonds. The lowest BCUT2D eigenvalue weighted by Crippen LogP contribution is -2.40. The molecule has 4 heterocycles. The number of carbonyl (C=O) groups excluding carboxylic acids is 1. The van der Waals surface area contributed by atoms with E-state index in [4.69, 9.17) is 4.98 Å². The van der Waals surface area contributed by atoms with Gasteiger partial charge in [-0.15, -0.1) is 0 Å². The van der Waals surface area contributed by atoms with Crippen LogP contribution in [0.4, 0.5) is 0 Å². The predicted molar refractivity (Wildman–Crippen MR) is 102 cm³/mol. The molecule has 2 aliphatic rings. The molecule has 2 aromatic rings. The van der Waals surface area contributed by atoms with Gasteiger partial charge in [-0.25, -0.2) is 9.97 Å². The SMILES string of the molecule is Cc1ccn(C[C@@H](C)C(=O)N2CCc3nc([C@H]4CCCCN4)ncc3C2)n1. The van der Waals surface area contributed by atoms with Crippen molar-refractivity contribution < 1.29 is 4.79 Å². The number of piperidine rings is 1. The zero-order chi connectivity index (χ0) is 18.8. The molecule has 27 heavy (non-hydrogen) atoms. The van der Waals surface area contributed by atoms with Crippen LogP contribution < -0.4 is 5.32 Å². The molecule has 0 saturated carbocycles. The van der Waals surface area contributed by atoms with Crippen LogP contribution in [-0.4, -0.2) is 43.6 Å². The zero-order valence-electron chi connectivity index (χ0n) is 16.2. The molecule has 1 N–H and O–H groups in total. The molecule has 7 nitrogen and oxygen atoms in total. The Balaban J connectivity index is 1.40. The number of hydrogen-bond acceptors (Lipinski definition) is 5. The molecule has 2 aromatic heterocycles. The quantitative estimate of drug-likeness (QED) is 0.893. The van der Waals surface area contributed by atoms with Crippen molar-refractivity contribution in [1.82, 2.24) is 30.0 Å². The molecule has 7 heteroatoms. The first kappa shape index (κ1) is 18.1. The predicted octanol–water partition coefficient (Wildman–Crippen LogP) is 2.02. The van der Waals surface area contributed by atoms with Crippen molar-refractivity contribution in [2.75, 3.05) is 13.1 Å². The van der Waals surface area contributed by atoms with E-state index in [-0.39, 0.29) is 17.9 Å². The van der Waals surface area contributed by atoms with E-state index in [2.05, 4.69) is 15.4 Å². The third-order valence-electron chi connectivity index (χ3n) is 5.54. The van der Waals surface area contributed by atoms with Crippen LogP contribution in [0.1, 0.15) is 55.0 Å². The highest BCUT2D eigenvalue weighted by Crippen LogP contribution is 2.24. The lowest BCUT2D eigenvalue weighted by atomic mass is 10.0. The minimum Gasteiger partial charge on any atom is -0.338 e. The van der Waals surface area contributed by atoms with Crippen molar-refractivity contribution >= 4 is 5.91 Å². The molecule has 1 saturated heterocycles. The van der Waals surface area contributed by atoms with E-state index < -0.39 is 0 Å². The molecular weight excluding hydrogens is 340 g/mol. The normalized spacial score (nSPS) is 21.0. The van der Waals surface area contributed by atoms with E-state index in [9.17, 15) is 4.79 Å². The van der Waals surface area contributed by atoms with Gasteiger partial charge in [0.2, 0.25) is 5.91 Å². The van der Waals surface area contributed by atoms with Crippen molar-refractivity contribution in [2.45, 2.75) is 58.7 Å². The van der Waals surface area contributed by atoms with Crippen molar-refractivity contribution in [2.24, 2.45) is 5.92 Å². The van der Waals surface area contributed by atoms with Gasteiger partial charge in [0.1, 0.15) is 5.82 Å². The van der Waals surface area contributed by atoms with Crippen LogP contribution in [0.15, 0.2) is 18.5 Å². The van der Waals surface area contributed by atoms with Gasteiger partial charge in [-0.2, -0.15) is 5.10 Å². The first-order valence-electron chi connectivity index (χ1n) is 9.97. The average Bonchev–Trinajstić information content (AvgIpc) is 3.11. The fourth-order valence-corrected chi connectivity index (χ4v) is 4.00. The van der Waals surface area contributed by atoms with E-state index in [0.29, 0.717) is 13.1 Å². The lowest BCUT2D eigenvalue weighted by molar-refractivity contribution is -0.136. The van der Waals surface area contributed by atoms with Gasteiger partial charge in [0.15, 0.2) is 0 Å². The van der Waals surface area contributed by atoms with E-state index in [1.807, 2.05) is 41.9 Å². The van der Waals surface area contributed by atoms with Crippen LogP contribution in [-0.2, 0) is 24.3 Å². The third-order valence-corrected chi connectivity index (χ3v) is 5.54. The Morgan fingerprint density at radius 3 is 3.04 bits per heavy atom. The second-order valence-corrected chi connectivity index (χ2v) is 7.79. The van der Waals surface area contributed by atoms with Crippen LogP contribution in [0.3, 0.4) is 0 Å². The fourth-order valence-electron chi connectivity index (χ4n) is 4.00. The van der Waals surface area contributed by atoms with Crippen LogP contribution in [0, 0.1) is 12.8 Å². The zero-order valence-corrected chi connectivity index (χ0v) is 16.2. The third kappa shape index (κ3) is 4.03. The Morgan fingerprint density at radius 1 is 1.41 bits per heavy atom. The number of carbonyl (C=O) groups is 1. The van der Waals surface area contributed by atoms with Crippen molar-refractivity contribution in [3.8, 4) is 0 Å². The number of nitrogens with one attached hydrogen (secondary N) is 1. The van der Waals surface area contributed by atoms with Crippen LogP contribution >= 0.6 is 0 Å². The number of nitrogens with zero attached hydrogens (tertiary/aromatic N) is 5. The van der Waals surface area contributed by atoms with Gasteiger partial charge in [-0.3, -0.25) is 9.48 Å².